The molecule has 3 heterocycles. The van der Waals surface area contributed by atoms with Gasteiger partial charge in [0.15, 0.2) is 5.13 Å². The quantitative estimate of drug-likeness (QED) is 0.403. The zero-order valence-electron chi connectivity index (χ0n) is 18.1. The van der Waals surface area contributed by atoms with Crippen LogP contribution in [0.25, 0.3) is 11.4 Å². The van der Waals surface area contributed by atoms with Gasteiger partial charge in [0.2, 0.25) is 5.91 Å². The molecule has 0 aliphatic carbocycles. The lowest BCUT2D eigenvalue weighted by Gasteiger charge is -2.32. The summed E-state index contributed by atoms with van der Waals surface area (Å²) < 4.78 is 37.8. The van der Waals surface area contributed by atoms with Crippen molar-refractivity contribution >= 4 is 51.5 Å². The lowest BCUT2D eigenvalue weighted by molar-refractivity contribution is -0.162. The van der Waals surface area contributed by atoms with Crippen LogP contribution in [-0.2, 0) is 4.79 Å². The van der Waals surface area contributed by atoms with Gasteiger partial charge in [-0.3, -0.25) is 19.9 Å². The average molecular weight is 543 g/mol. The molecule has 12 heteroatoms. The number of carbonyl (C=O) groups is 2. The Morgan fingerprint density at radius 1 is 1.11 bits per heavy atom. The van der Waals surface area contributed by atoms with E-state index in [1.54, 1.807) is 24.4 Å². The smallest absolute Gasteiger partial charge is 0.342 e. The highest BCUT2D eigenvalue weighted by Crippen LogP contribution is 2.40. The maximum absolute atomic E-state index is 12.7. The highest BCUT2D eigenvalue weighted by Gasteiger charge is 2.35. The molecule has 6 nitrogen and oxygen atoms in total. The van der Waals surface area contributed by atoms with E-state index in [1.165, 1.54) is 28.4 Å². The van der Waals surface area contributed by atoms with Crippen molar-refractivity contribution in [3.63, 3.8) is 0 Å². The average Bonchev–Trinajstić information content (AvgIpc) is 3.24. The van der Waals surface area contributed by atoms with Gasteiger partial charge in [-0.25, -0.2) is 4.98 Å². The number of nitrogens with one attached hydrogen (secondary N) is 1. The molecule has 184 valence electrons. The number of piperidine rings is 1. The van der Waals surface area contributed by atoms with Gasteiger partial charge in [0, 0.05) is 29.7 Å². The van der Waals surface area contributed by atoms with Crippen LogP contribution in [0.4, 0.5) is 18.3 Å². The van der Waals surface area contributed by atoms with E-state index in [-0.39, 0.29) is 24.0 Å². The Balaban J connectivity index is 1.54. The normalized spacial score (nSPS) is 14.7. The lowest BCUT2D eigenvalue weighted by Crippen LogP contribution is -2.39. The zero-order valence-corrected chi connectivity index (χ0v) is 20.4. The summed E-state index contributed by atoms with van der Waals surface area (Å²) in [5.74, 6) is -1.38. The maximum Gasteiger partial charge on any atom is 0.397 e. The summed E-state index contributed by atoms with van der Waals surface area (Å²) in [6.45, 7) is 0.425. The Kier molecular flexibility index (Phi) is 7.63. The second-order valence-electron chi connectivity index (χ2n) is 7.98. The molecule has 1 N–H and O–H groups in total. The molecule has 2 aromatic heterocycles. The number of nitrogens with zero attached hydrogens (tertiary/aromatic N) is 3. The number of carbonyl (C=O) groups excluding carboxylic acids is 2. The molecule has 0 radical (unpaired) electrons. The van der Waals surface area contributed by atoms with Crippen molar-refractivity contribution in [2.75, 3.05) is 18.4 Å². The van der Waals surface area contributed by atoms with Gasteiger partial charge in [-0.2, -0.15) is 13.2 Å². The second-order valence-corrected chi connectivity index (χ2v) is 9.82. The SMILES string of the molecule is O=C(Nc1nc(-c2ccccn2)c(C2CCN(C(=O)CC(F)(F)F)CC2)s1)c1ccc(Cl)c(Cl)c1. The summed E-state index contributed by atoms with van der Waals surface area (Å²) in [6, 6.07) is 9.92. The first-order valence-corrected chi connectivity index (χ1v) is 12.2. The van der Waals surface area contributed by atoms with Crippen molar-refractivity contribution < 1.29 is 22.8 Å². The molecule has 0 spiro atoms. The van der Waals surface area contributed by atoms with Crippen LogP contribution in [-0.4, -0.2) is 45.9 Å². The van der Waals surface area contributed by atoms with Crippen LogP contribution >= 0.6 is 34.5 Å². The first-order valence-electron chi connectivity index (χ1n) is 10.6. The number of hydrogen-bond donors (Lipinski definition) is 1. The number of likely N-dealkylation sites (tertiary alicyclic amines) is 1. The third-order valence-corrected chi connectivity index (χ3v) is 7.41. The number of aromatic nitrogens is 2. The van der Waals surface area contributed by atoms with Gasteiger partial charge < -0.3 is 4.90 Å². The molecule has 1 aromatic carbocycles. The van der Waals surface area contributed by atoms with Crippen molar-refractivity contribution in [3.05, 3.63) is 63.1 Å². The largest absolute Gasteiger partial charge is 0.397 e. The van der Waals surface area contributed by atoms with Gasteiger partial charge in [-0.1, -0.05) is 29.3 Å². The standard InChI is InChI=1S/C23H19Cl2F3N4O2S/c24-15-5-4-14(11-16(15)25)21(34)31-22-30-19(17-3-1-2-8-29-17)20(35-22)13-6-9-32(10-7-13)18(33)12-23(26,27)28/h1-5,8,11,13H,6-7,9-10,12H2,(H,30,31,34). The summed E-state index contributed by atoms with van der Waals surface area (Å²) in [7, 11) is 0. The van der Waals surface area contributed by atoms with Gasteiger partial charge in [0.05, 0.1) is 15.7 Å². The lowest BCUT2D eigenvalue weighted by atomic mass is 9.93. The monoisotopic (exact) mass is 542 g/mol. The number of thiazole rings is 1. The minimum absolute atomic E-state index is 0.0462. The molecule has 1 fully saturated rings. The Hall–Kier alpha value is -2.69. The molecule has 1 aliphatic rings. The topological polar surface area (TPSA) is 75.2 Å². The van der Waals surface area contributed by atoms with Crippen LogP contribution in [0.2, 0.25) is 10.0 Å². The first kappa shape index (κ1) is 25.4. The van der Waals surface area contributed by atoms with Crippen LogP contribution in [0.1, 0.15) is 40.4 Å². The van der Waals surface area contributed by atoms with E-state index in [4.69, 9.17) is 23.2 Å². The van der Waals surface area contributed by atoms with Gasteiger partial charge in [-0.15, -0.1) is 11.3 Å². The summed E-state index contributed by atoms with van der Waals surface area (Å²) in [4.78, 5) is 35.8. The number of alkyl halides is 3. The van der Waals surface area contributed by atoms with E-state index in [2.05, 4.69) is 15.3 Å². The maximum atomic E-state index is 12.7. The van der Waals surface area contributed by atoms with E-state index in [1.807, 2.05) is 6.07 Å². The van der Waals surface area contributed by atoms with Gasteiger partial charge >= 0.3 is 6.18 Å². The van der Waals surface area contributed by atoms with Crippen molar-refractivity contribution in [1.29, 1.82) is 0 Å². The van der Waals surface area contributed by atoms with Crippen LogP contribution < -0.4 is 5.32 Å². The summed E-state index contributed by atoms with van der Waals surface area (Å²) >= 11 is 13.2. The van der Waals surface area contributed by atoms with Crippen LogP contribution in [0.5, 0.6) is 0 Å². The fraction of sp³-hybridized carbons (Fsp3) is 0.304. The molecule has 0 saturated carbocycles. The van der Waals surface area contributed by atoms with E-state index in [9.17, 15) is 22.8 Å². The van der Waals surface area contributed by atoms with E-state index in [0.29, 0.717) is 39.9 Å². The number of pyridine rings is 1. The molecule has 4 rings (SSSR count). The minimum Gasteiger partial charge on any atom is -0.342 e. The van der Waals surface area contributed by atoms with Crippen molar-refractivity contribution in [2.24, 2.45) is 0 Å². The minimum atomic E-state index is -4.53. The fourth-order valence-electron chi connectivity index (χ4n) is 3.83. The van der Waals surface area contributed by atoms with Gasteiger partial charge in [0.25, 0.3) is 5.91 Å². The Bertz CT molecular complexity index is 1230. The van der Waals surface area contributed by atoms with E-state index >= 15 is 0 Å². The summed E-state index contributed by atoms with van der Waals surface area (Å²) in [5.41, 5.74) is 1.52. The van der Waals surface area contributed by atoms with Crippen LogP contribution in [0.3, 0.4) is 0 Å². The highest BCUT2D eigenvalue weighted by molar-refractivity contribution is 7.16. The molecule has 2 amide bonds. The number of anilines is 1. The van der Waals surface area contributed by atoms with Gasteiger partial charge in [-0.05, 0) is 49.1 Å². The van der Waals surface area contributed by atoms with Crippen LogP contribution in [0, 0.1) is 0 Å². The summed E-state index contributed by atoms with van der Waals surface area (Å²) in [6.07, 6.45) is -3.40. The Labute approximate surface area is 213 Å². The molecule has 35 heavy (non-hydrogen) atoms. The number of rotatable bonds is 5. The van der Waals surface area contributed by atoms with Crippen molar-refractivity contribution in [3.8, 4) is 11.4 Å². The van der Waals surface area contributed by atoms with Crippen LogP contribution in [0.15, 0.2) is 42.6 Å². The van der Waals surface area contributed by atoms with E-state index < -0.39 is 24.4 Å². The van der Waals surface area contributed by atoms with E-state index in [0.717, 1.165) is 4.88 Å². The zero-order chi connectivity index (χ0) is 25.2. The molecule has 0 atom stereocenters. The third kappa shape index (κ3) is 6.31. The Morgan fingerprint density at radius 2 is 1.86 bits per heavy atom. The summed E-state index contributed by atoms with van der Waals surface area (Å²) in [5, 5.41) is 3.71. The molecular weight excluding hydrogens is 524 g/mol. The molecule has 0 unspecified atom stereocenters. The third-order valence-electron chi connectivity index (χ3n) is 5.53. The molecule has 1 aliphatic heterocycles. The van der Waals surface area contributed by atoms with Crippen molar-refractivity contribution in [1.82, 2.24) is 14.9 Å². The van der Waals surface area contributed by atoms with Crippen molar-refractivity contribution in [2.45, 2.75) is 31.4 Å². The number of amides is 2. The predicted octanol–water partition coefficient (Wildman–Crippen LogP) is 6.42. The number of benzene rings is 1. The second kappa shape index (κ2) is 10.5. The number of hydrogen-bond acceptors (Lipinski definition) is 5. The molecule has 3 aromatic rings. The fourth-order valence-corrected chi connectivity index (χ4v) is 5.27. The number of halogens is 5. The first-order chi connectivity index (χ1) is 16.6. The molecule has 1 saturated heterocycles. The van der Waals surface area contributed by atoms with Gasteiger partial charge in [0.1, 0.15) is 12.1 Å². The highest BCUT2D eigenvalue weighted by atomic mass is 35.5. The predicted molar refractivity (Wildman–Crippen MR) is 129 cm³/mol. The molecular formula is C23H19Cl2F3N4O2S. The molecule has 0 bridgehead atoms. The Morgan fingerprint density at radius 3 is 2.49 bits per heavy atom.